The molecule has 0 bridgehead atoms. The van der Waals surface area contributed by atoms with Crippen LogP contribution in [0.1, 0.15) is 91.4 Å². The zero-order valence-corrected chi connectivity index (χ0v) is 29.1. The quantitative estimate of drug-likeness (QED) is 0.0725. The number of aldehydes is 1. The van der Waals surface area contributed by atoms with E-state index in [1.165, 1.54) is 17.2 Å². The van der Waals surface area contributed by atoms with Gasteiger partial charge in [0.1, 0.15) is 42.5 Å². The molecule has 1 aromatic heterocycles. The number of esters is 1. The van der Waals surface area contributed by atoms with Gasteiger partial charge in [-0.2, -0.15) is 0 Å². The van der Waals surface area contributed by atoms with Crippen LogP contribution in [0.4, 0.5) is 0 Å². The molecule has 1 N–H and O–H groups in total. The number of unbranched alkanes of at least 4 members (excludes halogenated alkanes) is 1. The maximum Gasteiger partial charge on any atom is 0.306 e. The summed E-state index contributed by atoms with van der Waals surface area (Å²) in [6.07, 6.45) is 8.61. The molecule has 10 nitrogen and oxygen atoms in total. The van der Waals surface area contributed by atoms with Gasteiger partial charge in [0.25, 0.3) is 0 Å². The number of hydrogen-bond acceptors (Lipinski definition) is 8. The van der Waals surface area contributed by atoms with E-state index in [9.17, 15) is 14.4 Å². The molecule has 13 heteroatoms. The number of hydrogen-bond donors (Lipinski definition) is 1. The summed E-state index contributed by atoms with van der Waals surface area (Å²) in [5, 5.41) is 11.0. The predicted molar refractivity (Wildman–Crippen MR) is 183 cm³/mol. The Hall–Kier alpha value is -4.67. The molecule has 0 spiro atoms. The van der Waals surface area contributed by atoms with Crippen LogP contribution in [0.15, 0.2) is 67.3 Å². The summed E-state index contributed by atoms with van der Waals surface area (Å²) in [6.45, 7) is 6.14. The second kappa shape index (κ2) is 26.5. The summed E-state index contributed by atoms with van der Waals surface area (Å²) < 4.78 is 17.8. The summed E-state index contributed by atoms with van der Waals surface area (Å²) in [6, 6.07) is 14.3. The molecule has 1 radical (unpaired) electrons. The van der Waals surface area contributed by atoms with Crippen LogP contribution in [0.5, 0.6) is 11.5 Å². The van der Waals surface area contributed by atoms with Crippen molar-refractivity contribution in [2.45, 2.75) is 94.7 Å². The van der Waals surface area contributed by atoms with Crippen LogP contribution < -0.4 is 14.8 Å². The SMILES string of the molecule is C.C.C.C.CC(C)(C)OC(=O)CCCCc1cn(CC(=O)NCCc2ccc(OC=COc3ccc(C=O)cc3)cc2)nn1.Cl.[Cm].[Co]. The Labute approximate surface area is 292 Å². The summed E-state index contributed by atoms with van der Waals surface area (Å²) in [5.41, 5.74) is 1.95. The Morgan fingerprint density at radius 1 is 0.872 bits per heavy atom. The second-order valence-electron chi connectivity index (χ2n) is 10.1. The average Bonchev–Trinajstić information content (AvgIpc) is 3.36. The van der Waals surface area contributed by atoms with E-state index < -0.39 is 5.60 Å². The number of carbonyl (C=O) groups excluding carboxylic acids is 3. The third-order valence-electron chi connectivity index (χ3n) is 5.51. The van der Waals surface area contributed by atoms with Crippen molar-refractivity contribution in [2.24, 2.45) is 0 Å². The minimum Gasteiger partial charge on any atom is -0.462 e. The topological polar surface area (TPSA) is 122 Å². The van der Waals surface area contributed by atoms with Gasteiger partial charge in [0.2, 0.25) is 5.91 Å². The number of nitrogens with zero attached hydrogens (tertiary/aromatic N) is 3. The Morgan fingerprint density at radius 2 is 1.43 bits per heavy atom. The molecule has 47 heavy (non-hydrogen) atoms. The van der Waals surface area contributed by atoms with E-state index in [1.54, 1.807) is 30.5 Å². The van der Waals surface area contributed by atoms with Gasteiger partial charge in [-0.15, -0.1) is 17.5 Å². The Balaban J connectivity index is -0.000000840. The average molecular weight is 955 g/mol. The maximum absolute atomic E-state index is 12.3. The number of ether oxygens (including phenoxy) is 3. The maximum atomic E-state index is 12.3. The number of carbonyl (C=O) groups is 3. The number of rotatable bonds is 15. The Bertz CT molecular complexity index is 1280. The zero-order valence-electron chi connectivity index (χ0n) is 24.3. The van der Waals surface area contributed by atoms with Crippen molar-refractivity contribution >= 4 is 30.6 Å². The van der Waals surface area contributed by atoms with Crippen molar-refractivity contribution in [3.63, 3.8) is 0 Å². The Morgan fingerprint density at radius 3 is 1.96 bits per heavy atom. The van der Waals surface area contributed by atoms with E-state index >= 15 is 0 Å². The monoisotopic (exact) mass is 950 g/mol. The zero-order chi connectivity index (χ0) is 28.8. The summed E-state index contributed by atoms with van der Waals surface area (Å²) >= 11 is 0. The van der Waals surface area contributed by atoms with E-state index in [2.05, 4.69) is 15.6 Å². The minimum atomic E-state index is -0.469. The normalized spacial score (nSPS) is 9.60. The van der Waals surface area contributed by atoms with Crippen molar-refractivity contribution < 1.29 is 45.4 Å². The number of aryl methyl sites for hydroxylation is 1. The van der Waals surface area contributed by atoms with Crippen molar-refractivity contribution in [1.29, 1.82) is 0 Å². The largest absolute Gasteiger partial charge is 0.462 e. The number of nitrogens with one attached hydrogen (secondary N) is 1. The van der Waals surface area contributed by atoms with Crippen molar-refractivity contribution in [3.8, 4) is 11.5 Å². The van der Waals surface area contributed by atoms with Crippen molar-refractivity contribution in [1.82, 2.24) is 20.3 Å². The van der Waals surface area contributed by atoms with Crippen LogP contribution >= 0.6 is 12.4 Å². The molecule has 2 aromatic carbocycles. The van der Waals surface area contributed by atoms with Crippen LogP contribution in [0.2, 0.25) is 0 Å². The van der Waals surface area contributed by atoms with Crippen LogP contribution in [-0.4, -0.2) is 45.3 Å². The molecule has 0 saturated heterocycles. The van der Waals surface area contributed by atoms with Gasteiger partial charge >= 0.3 is 5.97 Å². The Kier molecular flexibility index (Phi) is 29.3. The fourth-order valence-electron chi connectivity index (χ4n) is 3.62. The number of halogens is 1. The molecule has 269 valence electrons. The standard InChI is InChI=1S/C30H36N4O6.4CH4.ClH.Cm.Co/c1-30(2,3)40-29(37)7-5-4-6-25-20-34(33-32-25)21-28(36)31-17-16-23-8-12-26(13-9-23)38-18-19-39-27-14-10-24(22-35)11-15-27;;;;;;;/h8-15,18-20,22H,4-7,16-17,21H2,1-3H3,(H,31,36);4*1H4;1H;;. The molecule has 0 unspecified atom stereocenters. The first-order valence-electron chi connectivity index (χ1n) is 13.2. The van der Waals surface area contributed by atoms with Gasteiger partial charge < -0.3 is 19.5 Å². The molecule has 0 atom stereocenters. The number of aromatic nitrogens is 3. The van der Waals surface area contributed by atoms with Crippen LogP contribution in [0.3, 0.4) is 0 Å². The van der Waals surface area contributed by atoms with Gasteiger partial charge in [-0.25, -0.2) is 4.68 Å². The third-order valence-corrected chi connectivity index (χ3v) is 5.51. The van der Waals surface area contributed by atoms with Crippen molar-refractivity contribution in [2.75, 3.05) is 6.54 Å². The van der Waals surface area contributed by atoms with E-state index in [0.717, 1.165) is 24.0 Å². The fourth-order valence-corrected chi connectivity index (χ4v) is 3.62. The summed E-state index contributed by atoms with van der Waals surface area (Å²) in [7, 11) is 0. The smallest absolute Gasteiger partial charge is 0.306 e. The summed E-state index contributed by atoms with van der Waals surface area (Å²) in [4.78, 5) is 34.7. The molecule has 0 aliphatic rings. The number of amides is 1. The van der Waals surface area contributed by atoms with Crippen LogP contribution in [0, 0.1) is 0 Å². The van der Waals surface area contributed by atoms with Gasteiger partial charge in [0.05, 0.1) is 5.69 Å². The van der Waals surface area contributed by atoms with Gasteiger partial charge in [0.15, 0.2) is 0 Å². The molecule has 0 fully saturated rings. The predicted octanol–water partition coefficient (Wildman–Crippen LogP) is 7.40. The molecule has 1 heterocycles. The van der Waals surface area contributed by atoms with E-state index in [4.69, 9.17) is 14.2 Å². The van der Waals surface area contributed by atoms with Crippen LogP contribution in [0.25, 0.3) is 0 Å². The second-order valence-corrected chi connectivity index (χ2v) is 10.1. The van der Waals surface area contributed by atoms with E-state index in [0.29, 0.717) is 49.3 Å². The molecule has 0 aliphatic carbocycles. The third kappa shape index (κ3) is 20.9. The van der Waals surface area contributed by atoms with Gasteiger partial charge in [-0.1, -0.05) is 47.1 Å². The van der Waals surface area contributed by atoms with Crippen molar-refractivity contribution in [3.05, 3.63) is 84.1 Å². The molecular weight excluding hydrogens is 902 g/mol. The fraction of sp³-hybridized carbons (Fsp3) is 0.441. The van der Waals surface area contributed by atoms with E-state index in [-0.39, 0.29) is 77.3 Å². The molecule has 1 amide bonds. The molecule has 3 aromatic rings. The van der Waals surface area contributed by atoms with Crippen LogP contribution in [-0.2, 0) is 50.5 Å². The molecule has 0 aliphatic heterocycles. The first kappa shape index (κ1) is 51.9. The van der Waals surface area contributed by atoms with Gasteiger partial charge in [-0.3, -0.25) is 14.4 Å². The molecule has 0 saturated carbocycles. The number of benzene rings is 2. The molecule has 3 rings (SSSR count). The van der Waals surface area contributed by atoms with Gasteiger partial charge in [0, 0.05) is 41.5 Å². The van der Waals surface area contributed by atoms with Gasteiger partial charge in [-0.05, 0) is 88.4 Å². The molecular formula is C34H53ClCmCoN4O6. The minimum absolute atomic E-state index is 0. The first-order valence-corrected chi connectivity index (χ1v) is 13.2. The first-order chi connectivity index (χ1) is 19.2. The van der Waals surface area contributed by atoms with E-state index in [1.807, 2.05) is 45.0 Å². The summed E-state index contributed by atoms with van der Waals surface area (Å²) in [5.74, 6) is 0.901.